The Morgan fingerprint density at radius 3 is 1.11 bits per heavy atom. The van der Waals surface area contributed by atoms with Gasteiger partial charge in [0.1, 0.15) is 11.5 Å². The van der Waals surface area contributed by atoms with Crippen molar-refractivity contribution in [3.63, 3.8) is 0 Å². The molecule has 0 radical (unpaired) electrons. The van der Waals surface area contributed by atoms with Crippen LogP contribution in [0.2, 0.25) is 0 Å². The molecule has 0 aromatic heterocycles. The fraction of sp³-hybridized carbons (Fsp3) is 0.200. The zero-order valence-corrected chi connectivity index (χ0v) is 10.5. The summed E-state index contributed by atoms with van der Waals surface area (Å²) in [5.41, 5.74) is 0. The van der Waals surface area contributed by atoms with Crippen LogP contribution in [0.1, 0.15) is 13.3 Å². The topological polar surface area (TPSA) is 60.7 Å². The van der Waals surface area contributed by atoms with Crippen LogP contribution in [0.4, 0.5) is 0 Å². The minimum absolute atomic E-state index is 0.319. The average Bonchev–Trinajstić information content (AvgIpc) is 2.41. The molecule has 2 aromatic carbocycles. The molecule has 98 valence electrons. The van der Waals surface area contributed by atoms with Gasteiger partial charge in [-0.1, -0.05) is 43.3 Å². The van der Waals surface area contributed by atoms with E-state index in [1.165, 1.54) is 0 Å². The Kier molecular flexibility index (Phi) is 10.2. The fourth-order valence-corrected chi connectivity index (χ4v) is 0.856. The Morgan fingerprint density at radius 2 is 1.00 bits per heavy atom. The van der Waals surface area contributed by atoms with Gasteiger partial charge in [-0.25, -0.2) is 0 Å². The maximum absolute atomic E-state index is 8.63. The van der Waals surface area contributed by atoms with Crippen LogP contribution >= 0.6 is 0 Å². The lowest BCUT2D eigenvalue weighted by Crippen LogP contribution is -1.69. The molecule has 0 fully saturated rings. The maximum Gasteiger partial charge on any atom is 0.115 e. The van der Waals surface area contributed by atoms with E-state index < -0.39 is 0 Å². The third kappa shape index (κ3) is 10.5. The molecule has 0 spiro atoms. The highest BCUT2D eigenvalue weighted by atomic mass is 16.3. The highest BCUT2D eigenvalue weighted by Gasteiger charge is 1.75. The first-order chi connectivity index (χ1) is 8.70. The predicted octanol–water partition coefficient (Wildman–Crippen LogP) is 3.17. The van der Waals surface area contributed by atoms with Gasteiger partial charge in [-0.05, 0) is 30.7 Å². The quantitative estimate of drug-likeness (QED) is 0.726. The van der Waals surface area contributed by atoms with Gasteiger partial charge in [-0.3, -0.25) is 0 Å². The lowest BCUT2D eigenvalue weighted by atomic mass is 10.3. The molecular weight excluding hydrogens is 228 g/mol. The number of phenols is 2. The molecule has 2 rings (SSSR count). The molecule has 0 aliphatic carbocycles. The lowest BCUT2D eigenvalue weighted by Gasteiger charge is -1.82. The van der Waals surface area contributed by atoms with Crippen molar-refractivity contribution in [2.45, 2.75) is 13.3 Å². The first kappa shape index (κ1) is 16.0. The van der Waals surface area contributed by atoms with Crippen LogP contribution in [0.5, 0.6) is 11.5 Å². The molecule has 0 bridgehead atoms. The SMILES string of the molecule is CCCO.Oc1ccccc1.Oc1ccccc1. The maximum atomic E-state index is 8.63. The molecule has 0 aliphatic rings. The molecule has 0 amide bonds. The number of phenolic OH excluding ortho intramolecular Hbond substituents is 2. The first-order valence-corrected chi connectivity index (χ1v) is 5.79. The second-order valence-corrected chi connectivity index (χ2v) is 3.39. The van der Waals surface area contributed by atoms with Gasteiger partial charge in [0.25, 0.3) is 0 Å². The highest BCUT2D eigenvalue weighted by molar-refractivity contribution is 5.19. The third-order valence-electron chi connectivity index (χ3n) is 1.74. The van der Waals surface area contributed by atoms with Crippen LogP contribution in [0, 0.1) is 0 Å². The number of hydrogen-bond donors (Lipinski definition) is 3. The number of aliphatic hydroxyl groups is 1. The van der Waals surface area contributed by atoms with E-state index in [-0.39, 0.29) is 0 Å². The van der Waals surface area contributed by atoms with Crippen molar-refractivity contribution < 1.29 is 15.3 Å². The van der Waals surface area contributed by atoms with Gasteiger partial charge >= 0.3 is 0 Å². The molecule has 18 heavy (non-hydrogen) atoms. The van der Waals surface area contributed by atoms with Gasteiger partial charge in [0.05, 0.1) is 0 Å². The van der Waals surface area contributed by atoms with E-state index in [2.05, 4.69) is 0 Å². The first-order valence-electron chi connectivity index (χ1n) is 5.79. The summed E-state index contributed by atoms with van der Waals surface area (Å²) in [5, 5.41) is 25.1. The van der Waals surface area contributed by atoms with Crippen LogP contribution in [0.25, 0.3) is 0 Å². The number of para-hydroxylation sites is 2. The Balaban J connectivity index is 0.000000253. The summed E-state index contributed by atoms with van der Waals surface area (Å²) in [4.78, 5) is 0. The summed E-state index contributed by atoms with van der Waals surface area (Å²) in [6, 6.07) is 17.4. The number of hydrogen-bond acceptors (Lipinski definition) is 3. The van der Waals surface area contributed by atoms with Crippen molar-refractivity contribution in [1.29, 1.82) is 0 Å². The molecule has 3 nitrogen and oxygen atoms in total. The summed E-state index contributed by atoms with van der Waals surface area (Å²) < 4.78 is 0. The smallest absolute Gasteiger partial charge is 0.115 e. The molecule has 0 saturated heterocycles. The number of rotatable bonds is 1. The van der Waals surface area contributed by atoms with Crippen LogP contribution in [-0.4, -0.2) is 21.9 Å². The largest absolute Gasteiger partial charge is 0.508 e. The monoisotopic (exact) mass is 248 g/mol. The Morgan fingerprint density at radius 1 is 0.722 bits per heavy atom. The van der Waals surface area contributed by atoms with Crippen molar-refractivity contribution in [3.8, 4) is 11.5 Å². The normalized spacial score (nSPS) is 8.33. The van der Waals surface area contributed by atoms with E-state index in [0.717, 1.165) is 6.42 Å². The van der Waals surface area contributed by atoms with Gasteiger partial charge in [0.2, 0.25) is 0 Å². The Labute approximate surface area is 108 Å². The van der Waals surface area contributed by atoms with Crippen LogP contribution in [0.3, 0.4) is 0 Å². The van der Waals surface area contributed by atoms with E-state index >= 15 is 0 Å². The van der Waals surface area contributed by atoms with Crippen LogP contribution in [-0.2, 0) is 0 Å². The van der Waals surface area contributed by atoms with E-state index in [1.54, 1.807) is 48.5 Å². The molecule has 3 N–H and O–H groups in total. The number of aromatic hydroxyl groups is 2. The average molecular weight is 248 g/mol. The van der Waals surface area contributed by atoms with Crippen molar-refractivity contribution in [1.82, 2.24) is 0 Å². The number of aliphatic hydroxyl groups excluding tert-OH is 1. The zero-order chi connectivity index (χ0) is 13.6. The Hall–Kier alpha value is -2.00. The van der Waals surface area contributed by atoms with Crippen molar-refractivity contribution in [3.05, 3.63) is 60.7 Å². The summed E-state index contributed by atoms with van der Waals surface area (Å²) in [7, 11) is 0. The van der Waals surface area contributed by atoms with Gasteiger partial charge in [0, 0.05) is 6.61 Å². The van der Waals surface area contributed by atoms with E-state index in [0.29, 0.717) is 18.1 Å². The minimum Gasteiger partial charge on any atom is -0.508 e. The summed E-state index contributed by atoms with van der Waals surface area (Å²) in [6.07, 6.45) is 0.875. The molecule has 0 atom stereocenters. The van der Waals surface area contributed by atoms with E-state index in [4.69, 9.17) is 15.3 Å². The fourth-order valence-electron chi connectivity index (χ4n) is 0.856. The van der Waals surface area contributed by atoms with Crippen LogP contribution < -0.4 is 0 Å². The standard InChI is InChI=1S/2C6H6O.C3H8O/c2*7-6-4-2-1-3-5-6;1-2-3-4/h2*1-5,7H;4H,2-3H2,1H3. The second-order valence-electron chi connectivity index (χ2n) is 3.39. The molecule has 2 aromatic rings. The van der Waals surface area contributed by atoms with Gasteiger partial charge < -0.3 is 15.3 Å². The van der Waals surface area contributed by atoms with Gasteiger partial charge in [-0.2, -0.15) is 0 Å². The second kappa shape index (κ2) is 11.5. The summed E-state index contributed by atoms with van der Waals surface area (Å²) in [5.74, 6) is 0.644. The van der Waals surface area contributed by atoms with E-state index in [1.807, 2.05) is 19.1 Å². The highest BCUT2D eigenvalue weighted by Crippen LogP contribution is 2.03. The summed E-state index contributed by atoms with van der Waals surface area (Å²) >= 11 is 0. The molecule has 0 aliphatic heterocycles. The molecule has 0 heterocycles. The molecular formula is C15H20O3. The van der Waals surface area contributed by atoms with Gasteiger partial charge in [-0.15, -0.1) is 0 Å². The minimum atomic E-state index is 0.319. The Bertz CT molecular complexity index is 334. The molecule has 3 heteroatoms. The summed E-state index contributed by atoms with van der Waals surface area (Å²) in [6.45, 7) is 2.25. The van der Waals surface area contributed by atoms with Crippen molar-refractivity contribution >= 4 is 0 Å². The number of benzene rings is 2. The third-order valence-corrected chi connectivity index (χ3v) is 1.74. The van der Waals surface area contributed by atoms with Crippen molar-refractivity contribution in [2.24, 2.45) is 0 Å². The molecule has 0 unspecified atom stereocenters. The predicted molar refractivity (Wildman–Crippen MR) is 73.6 cm³/mol. The van der Waals surface area contributed by atoms with Crippen LogP contribution in [0.15, 0.2) is 60.7 Å². The van der Waals surface area contributed by atoms with Gasteiger partial charge in [0.15, 0.2) is 0 Å². The molecule has 0 saturated carbocycles. The zero-order valence-electron chi connectivity index (χ0n) is 10.5. The lowest BCUT2D eigenvalue weighted by molar-refractivity contribution is 0.295. The van der Waals surface area contributed by atoms with Crippen molar-refractivity contribution in [2.75, 3.05) is 6.61 Å². The van der Waals surface area contributed by atoms with E-state index in [9.17, 15) is 0 Å².